The number of benzene rings is 2. The first kappa shape index (κ1) is 19.5. The molecule has 29 heavy (non-hydrogen) atoms. The van der Waals surface area contributed by atoms with Gasteiger partial charge in [-0.1, -0.05) is 38.1 Å². The summed E-state index contributed by atoms with van der Waals surface area (Å²) in [5.74, 6) is -0.181. The van der Waals surface area contributed by atoms with Crippen molar-refractivity contribution in [3.05, 3.63) is 59.1 Å². The molecule has 0 spiro atoms. The average molecular weight is 429 g/mol. The van der Waals surface area contributed by atoms with Crippen molar-refractivity contribution < 1.29 is 13.2 Å². The van der Waals surface area contributed by atoms with E-state index in [-0.39, 0.29) is 22.6 Å². The SMILES string of the molecule is CC(C)[C@H](N=C1NS(=O)(=O)c2ccccc21)C(=O)NCc1nc2ccccc2s1. The number of fused-ring (bicyclic) bond motifs is 2. The lowest BCUT2D eigenvalue weighted by atomic mass is 10.0. The zero-order valence-corrected chi connectivity index (χ0v) is 17.5. The van der Waals surface area contributed by atoms with Crippen molar-refractivity contribution in [1.29, 1.82) is 0 Å². The molecule has 2 N–H and O–H groups in total. The van der Waals surface area contributed by atoms with Crippen molar-refractivity contribution in [3.8, 4) is 0 Å². The number of carbonyl (C=O) groups is 1. The minimum Gasteiger partial charge on any atom is -0.348 e. The molecule has 9 heteroatoms. The summed E-state index contributed by atoms with van der Waals surface area (Å²) in [7, 11) is -3.64. The number of nitrogens with zero attached hydrogens (tertiary/aromatic N) is 2. The zero-order chi connectivity index (χ0) is 20.6. The normalized spacial score (nSPS) is 17.3. The molecule has 0 saturated carbocycles. The van der Waals surface area contributed by atoms with Crippen LogP contribution >= 0.6 is 11.3 Å². The number of carbonyl (C=O) groups excluding carboxylic acids is 1. The molecular weight excluding hydrogens is 408 g/mol. The summed E-state index contributed by atoms with van der Waals surface area (Å²) in [5, 5.41) is 3.69. The van der Waals surface area contributed by atoms with Crippen LogP contribution < -0.4 is 10.0 Å². The zero-order valence-electron chi connectivity index (χ0n) is 15.9. The van der Waals surface area contributed by atoms with Crippen LogP contribution in [0.2, 0.25) is 0 Å². The Balaban J connectivity index is 1.55. The number of nitrogens with one attached hydrogen (secondary N) is 2. The largest absolute Gasteiger partial charge is 0.348 e. The van der Waals surface area contributed by atoms with Gasteiger partial charge in [-0.3, -0.25) is 14.5 Å². The third-order valence-corrected chi connectivity index (χ3v) is 7.02. The van der Waals surface area contributed by atoms with Crippen molar-refractivity contribution >= 4 is 43.3 Å². The molecule has 1 aliphatic heterocycles. The highest BCUT2D eigenvalue weighted by Gasteiger charge is 2.32. The van der Waals surface area contributed by atoms with E-state index in [1.165, 1.54) is 17.4 Å². The molecule has 0 unspecified atom stereocenters. The lowest BCUT2D eigenvalue weighted by molar-refractivity contribution is -0.123. The second-order valence-electron chi connectivity index (χ2n) is 7.06. The Bertz CT molecular complexity index is 1180. The van der Waals surface area contributed by atoms with Crippen LogP contribution in [0.1, 0.15) is 24.4 Å². The van der Waals surface area contributed by atoms with Crippen LogP contribution in [-0.2, 0) is 21.4 Å². The molecular formula is C20H20N4O3S2. The van der Waals surface area contributed by atoms with E-state index < -0.39 is 16.1 Å². The summed E-state index contributed by atoms with van der Waals surface area (Å²) in [4.78, 5) is 22.0. The van der Waals surface area contributed by atoms with Gasteiger partial charge in [0.05, 0.1) is 21.7 Å². The number of hydrogen-bond donors (Lipinski definition) is 2. The van der Waals surface area contributed by atoms with Crippen LogP contribution in [0, 0.1) is 5.92 Å². The van der Waals surface area contributed by atoms with Crippen LogP contribution in [0.25, 0.3) is 10.2 Å². The number of rotatable bonds is 5. The number of hydrogen-bond acceptors (Lipinski definition) is 6. The Morgan fingerprint density at radius 3 is 2.66 bits per heavy atom. The van der Waals surface area contributed by atoms with Gasteiger partial charge in [-0.2, -0.15) is 0 Å². The highest BCUT2D eigenvalue weighted by atomic mass is 32.2. The van der Waals surface area contributed by atoms with Crippen molar-refractivity contribution in [2.75, 3.05) is 0 Å². The van der Waals surface area contributed by atoms with Crippen LogP contribution in [0.15, 0.2) is 58.4 Å². The van der Waals surface area contributed by atoms with E-state index in [1.54, 1.807) is 18.2 Å². The molecule has 2 heterocycles. The molecule has 150 valence electrons. The third kappa shape index (κ3) is 3.88. The molecule has 7 nitrogen and oxygen atoms in total. The quantitative estimate of drug-likeness (QED) is 0.652. The van der Waals surface area contributed by atoms with E-state index in [2.05, 4.69) is 20.0 Å². The first-order valence-electron chi connectivity index (χ1n) is 9.17. The summed E-state index contributed by atoms with van der Waals surface area (Å²) in [5.41, 5.74) is 1.39. The van der Waals surface area contributed by atoms with E-state index in [1.807, 2.05) is 38.1 Å². The van der Waals surface area contributed by atoms with Crippen molar-refractivity contribution in [2.45, 2.75) is 31.3 Å². The molecule has 0 radical (unpaired) electrons. The highest BCUT2D eigenvalue weighted by Crippen LogP contribution is 2.24. The van der Waals surface area contributed by atoms with Crippen molar-refractivity contribution in [1.82, 2.24) is 15.0 Å². The molecule has 0 aliphatic carbocycles. The predicted octanol–water partition coefficient (Wildman–Crippen LogP) is 2.68. The summed E-state index contributed by atoms with van der Waals surface area (Å²) in [6.45, 7) is 4.05. The smallest absolute Gasteiger partial charge is 0.263 e. The average Bonchev–Trinajstić information content (AvgIpc) is 3.22. The fraction of sp³-hybridized carbons (Fsp3) is 0.250. The number of aromatic nitrogens is 1. The Labute approximate surface area is 172 Å². The minimum absolute atomic E-state index is 0.116. The van der Waals surface area contributed by atoms with Gasteiger partial charge in [0.25, 0.3) is 10.0 Å². The van der Waals surface area contributed by atoms with E-state index in [0.717, 1.165) is 15.2 Å². The number of amides is 1. The standard InChI is InChI=1S/C20H20N4O3S2/c1-12(2)18(23-19-13-7-3-6-10-16(13)29(26,27)24-19)20(25)21-11-17-22-14-8-4-5-9-15(14)28-17/h3-10,12,18H,11H2,1-2H3,(H,21,25)(H,23,24)/t18-/m0/s1. The topological polar surface area (TPSA) is 101 Å². The van der Waals surface area contributed by atoms with Gasteiger partial charge in [0.2, 0.25) is 5.91 Å². The molecule has 2 aromatic carbocycles. The van der Waals surface area contributed by atoms with Gasteiger partial charge < -0.3 is 5.32 Å². The lowest BCUT2D eigenvalue weighted by Crippen LogP contribution is -2.38. The molecule has 1 amide bonds. The third-order valence-electron chi connectivity index (χ3n) is 4.58. The Kier molecular flexibility index (Phi) is 5.10. The van der Waals surface area contributed by atoms with Gasteiger partial charge in [-0.25, -0.2) is 13.4 Å². The Hall–Kier alpha value is -2.78. The van der Waals surface area contributed by atoms with E-state index in [9.17, 15) is 13.2 Å². The fourth-order valence-electron chi connectivity index (χ4n) is 3.14. The molecule has 0 saturated heterocycles. The molecule has 1 aliphatic rings. The minimum atomic E-state index is -3.64. The lowest BCUT2D eigenvalue weighted by Gasteiger charge is -2.17. The number of aliphatic imine (C=N–C) groups is 1. The van der Waals surface area contributed by atoms with Gasteiger partial charge in [0.1, 0.15) is 16.9 Å². The number of para-hydroxylation sites is 1. The molecule has 1 aromatic heterocycles. The van der Waals surface area contributed by atoms with Gasteiger partial charge in [-0.15, -0.1) is 11.3 Å². The second-order valence-corrected chi connectivity index (χ2v) is 9.83. The monoisotopic (exact) mass is 428 g/mol. The van der Waals surface area contributed by atoms with Gasteiger partial charge >= 0.3 is 0 Å². The second kappa shape index (κ2) is 7.57. The molecule has 4 rings (SSSR count). The van der Waals surface area contributed by atoms with E-state index in [0.29, 0.717) is 12.1 Å². The Morgan fingerprint density at radius 1 is 1.17 bits per heavy atom. The van der Waals surface area contributed by atoms with Crippen molar-refractivity contribution in [2.24, 2.45) is 10.9 Å². The highest BCUT2D eigenvalue weighted by molar-refractivity contribution is 7.90. The predicted molar refractivity (Wildman–Crippen MR) is 113 cm³/mol. The summed E-state index contributed by atoms with van der Waals surface area (Å²) >= 11 is 1.53. The molecule has 3 aromatic rings. The van der Waals surface area contributed by atoms with Crippen LogP contribution in [0.4, 0.5) is 0 Å². The molecule has 0 bridgehead atoms. The molecule has 1 atom stereocenters. The number of sulfonamides is 1. The van der Waals surface area contributed by atoms with Gasteiger partial charge in [0.15, 0.2) is 0 Å². The van der Waals surface area contributed by atoms with Gasteiger partial charge in [-0.05, 0) is 30.2 Å². The summed E-state index contributed by atoms with van der Waals surface area (Å²) < 4.78 is 28.1. The first-order valence-corrected chi connectivity index (χ1v) is 11.5. The Morgan fingerprint density at radius 2 is 1.90 bits per heavy atom. The fourth-order valence-corrected chi connectivity index (χ4v) is 5.29. The first-order chi connectivity index (χ1) is 13.8. The maximum atomic E-state index is 12.8. The summed E-state index contributed by atoms with van der Waals surface area (Å²) in [6, 6.07) is 13.7. The maximum Gasteiger partial charge on any atom is 0.263 e. The number of thiazole rings is 1. The van der Waals surface area contributed by atoms with E-state index >= 15 is 0 Å². The molecule has 0 fully saturated rings. The van der Waals surface area contributed by atoms with Crippen LogP contribution in [0.5, 0.6) is 0 Å². The van der Waals surface area contributed by atoms with Gasteiger partial charge in [0, 0.05) is 5.56 Å². The summed E-state index contributed by atoms with van der Waals surface area (Å²) in [6.07, 6.45) is 0. The van der Waals surface area contributed by atoms with Crippen LogP contribution in [0.3, 0.4) is 0 Å². The maximum absolute atomic E-state index is 12.8. The van der Waals surface area contributed by atoms with E-state index in [4.69, 9.17) is 0 Å². The van der Waals surface area contributed by atoms with Crippen LogP contribution in [-0.4, -0.2) is 31.2 Å². The van der Waals surface area contributed by atoms with Crippen molar-refractivity contribution in [3.63, 3.8) is 0 Å². The number of amidine groups is 1.